The van der Waals surface area contributed by atoms with Crippen molar-refractivity contribution >= 4 is 0 Å². The molecule has 0 aliphatic carbocycles. The minimum Gasteiger partial charge on any atom is -0.508 e. The summed E-state index contributed by atoms with van der Waals surface area (Å²) < 4.78 is 15.0. The van der Waals surface area contributed by atoms with E-state index >= 15 is 0 Å². The number of aromatic hydroxyl groups is 1. The Morgan fingerprint density at radius 3 is 2.62 bits per heavy atom. The second-order valence-electron chi connectivity index (χ2n) is 5.01. The summed E-state index contributed by atoms with van der Waals surface area (Å²) in [5.74, 6) is 0.753. The Bertz CT molecular complexity index is 763. The number of halogens is 1. The number of aryl methyl sites for hydroxylation is 1. The normalized spacial score (nSPS) is 10.8. The first kappa shape index (κ1) is 13.4. The Morgan fingerprint density at radius 2 is 1.90 bits per heavy atom. The standard InChI is InChI=1S/C17H15FN2O/c1-12-10-20(11-13-5-7-15(18)8-6-13)17(19-12)14-3-2-4-16(21)9-14/h2-10,21H,11H2,1H3. The summed E-state index contributed by atoms with van der Waals surface area (Å²) in [7, 11) is 0. The van der Waals surface area contributed by atoms with Crippen LogP contribution in [-0.4, -0.2) is 14.7 Å². The van der Waals surface area contributed by atoms with Gasteiger partial charge in [0.2, 0.25) is 0 Å². The van der Waals surface area contributed by atoms with E-state index in [1.807, 2.05) is 23.8 Å². The zero-order valence-electron chi connectivity index (χ0n) is 11.6. The molecule has 106 valence electrons. The summed E-state index contributed by atoms with van der Waals surface area (Å²) >= 11 is 0. The maximum Gasteiger partial charge on any atom is 0.140 e. The van der Waals surface area contributed by atoms with Gasteiger partial charge in [-0.25, -0.2) is 9.37 Å². The molecule has 4 heteroatoms. The highest BCUT2D eigenvalue weighted by Crippen LogP contribution is 2.23. The van der Waals surface area contributed by atoms with Crippen LogP contribution in [0.3, 0.4) is 0 Å². The molecule has 2 aromatic carbocycles. The number of imidazole rings is 1. The fourth-order valence-corrected chi connectivity index (χ4v) is 2.33. The third kappa shape index (κ3) is 2.94. The first-order chi connectivity index (χ1) is 10.1. The van der Waals surface area contributed by atoms with Crippen LogP contribution in [0, 0.1) is 12.7 Å². The lowest BCUT2D eigenvalue weighted by Crippen LogP contribution is -2.01. The molecule has 1 aromatic heterocycles. The van der Waals surface area contributed by atoms with Crippen molar-refractivity contribution in [2.24, 2.45) is 0 Å². The van der Waals surface area contributed by atoms with E-state index in [-0.39, 0.29) is 11.6 Å². The molecule has 0 aliphatic rings. The van der Waals surface area contributed by atoms with Crippen molar-refractivity contribution in [3.05, 3.63) is 71.8 Å². The molecule has 0 amide bonds. The molecule has 1 N–H and O–H groups in total. The summed E-state index contributed by atoms with van der Waals surface area (Å²) in [5, 5.41) is 9.61. The third-order valence-electron chi connectivity index (χ3n) is 3.27. The van der Waals surface area contributed by atoms with Gasteiger partial charge in [-0.3, -0.25) is 0 Å². The molecule has 0 unspecified atom stereocenters. The summed E-state index contributed by atoms with van der Waals surface area (Å²) in [6, 6.07) is 13.4. The molecular formula is C17H15FN2O. The predicted molar refractivity (Wildman–Crippen MR) is 79.6 cm³/mol. The van der Waals surface area contributed by atoms with Gasteiger partial charge in [0.25, 0.3) is 0 Å². The van der Waals surface area contributed by atoms with Crippen molar-refractivity contribution < 1.29 is 9.50 Å². The lowest BCUT2D eigenvalue weighted by atomic mass is 10.2. The highest BCUT2D eigenvalue weighted by atomic mass is 19.1. The van der Waals surface area contributed by atoms with E-state index in [0.29, 0.717) is 6.54 Å². The molecule has 0 atom stereocenters. The predicted octanol–water partition coefficient (Wildman–Crippen LogP) is 3.75. The van der Waals surface area contributed by atoms with Crippen LogP contribution in [0.25, 0.3) is 11.4 Å². The highest BCUT2D eigenvalue weighted by Gasteiger charge is 2.09. The van der Waals surface area contributed by atoms with Crippen LogP contribution in [0.4, 0.5) is 4.39 Å². The average molecular weight is 282 g/mol. The zero-order chi connectivity index (χ0) is 14.8. The van der Waals surface area contributed by atoms with Crippen molar-refractivity contribution in [3.8, 4) is 17.1 Å². The van der Waals surface area contributed by atoms with Crippen LogP contribution >= 0.6 is 0 Å². The van der Waals surface area contributed by atoms with Gasteiger partial charge in [0.1, 0.15) is 17.4 Å². The Morgan fingerprint density at radius 1 is 1.14 bits per heavy atom. The molecule has 0 fully saturated rings. The number of hydrogen-bond acceptors (Lipinski definition) is 2. The van der Waals surface area contributed by atoms with E-state index in [1.165, 1.54) is 12.1 Å². The Kier molecular flexibility index (Phi) is 3.44. The molecule has 21 heavy (non-hydrogen) atoms. The van der Waals surface area contributed by atoms with E-state index in [0.717, 1.165) is 22.6 Å². The Labute approximate surface area is 122 Å². The van der Waals surface area contributed by atoms with E-state index < -0.39 is 0 Å². The van der Waals surface area contributed by atoms with Crippen LogP contribution in [0.15, 0.2) is 54.7 Å². The number of phenols is 1. The van der Waals surface area contributed by atoms with Crippen molar-refractivity contribution in [1.29, 1.82) is 0 Å². The van der Waals surface area contributed by atoms with Gasteiger partial charge < -0.3 is 9.67 Å². The largest absolute Gasteiger partial charge is 0.508 e. The van der Waals surface area contributed by atoms with Crippen LogP contribution < -0.4 is 0 Å². The van der Waals surface area contributed by atoms with E-state index in [2.05, 4.69) is 4.98 Å². The highest BCUT2D eigenvalue weighted by molar-refractivity contribution is 5.58. The fraction of sp³-hybridized carbons (Fsp3) is 0.118. The topological polar surface area (TPSA) is 38.0 Å². The number of hydrogen-bond donors (Lipinski definition) is 1. The first-order valence-corrected chi connectivity index (χ1v) is 6.69. The second-order valence-corrected chi connectivity index (χ2v) is 5.01. The smallest absolute Gasteiger partial charge is 0.140 e. The van der Waals surface area contributed by atoms with Crippen molar-refractivity contribution in [1.82, 2.24) is 9.55 Å². The monoisotopic (exact) mass is 282 g/mol. The molecule has 0 bridgehead atoms. The van der Waals surface area contributed by atoms with E-state index in [4.69, 9.17) is 0 Å². The minimum atomic E-state index is -0.242. The first-order valence-electron chi connectivity index (χ1n) is 6.69. The molecule has 3 nitrogen and oxygen atoms in total. The summed E-state index contributed by atoms with van der Waals surface area (Å²) in [5.41, 5.74) is 2.75. The Balaban J connectivity index is 1.98. The molecule has 1 heterocycles. The number of phenolic OH excluding ortho intramolecular Hbond substituents is 1. The van der Waals surface area contributed by atoms with Crippen molar-refractivity contribution in [3.63, 3.8) is 0 Å². The summed E-state index contributed by atoms with van der Waals surface area (Å²) in [4.78, 5) is 4.51. The second kappa shape index (κ2) is 5.40. The molecule has 0 aliphatic heterocycles. The summed E-state index contributed by atoms with van der Waals surface area (Å²) in [6.45, 7) is 2.53. The lowest BCUT2D eigenvalue weighted by molar-refractivity contribution is 0.475. The molecule has 0 saturated heterocycles. The van der Waals surface area contributed by atoms with Crippen LogP contribution in [-0.2, 0) is 6.54 Å². The maximum atomic E-state index is 13.0. The van der Waals surface area contributed by atoms with Crippen LogP contribution in [0.5, 0.6) is 5.75 Å². The van der Waals surface area contributed by atoms with E-state index in [1.54, 1.807) is 30.3 Å². The van der Waals surface area contributed by atoms with Gasteiger partial charge in [-0.1, -0.05) is 24.3 Å². The van der Waals surface area contributed by atoms with Gasteiger partial charge in [0.15, 0.2) is 0 Å². The van der Waals surface area contributed by atoms with Gasteiger partial charge >= 0.3 is 0 Å². The summed E-state index contributed by atoms with van der Waals surface area (Å²) in [6.07, 6.45) is 1.95. The molecule has 0 radical (unpaired) electrons. The van der Waals surface area contributed by atoms with Gasteiger partial charge in [-0.15, -0.1) is 0 Å². The Hall–Kier alpha value is -2.62. The molecule has 0 spiro atoms. The van der Waals surface area contributed by atoms with Crippen LogP contribution in [0.2, 0.25) is 0 Å². The quantitative estimate of drug-likeness (QED) is 0.794. The van der Waals surface area contributed by atoms with Gasteiger partial charge in [-0.05, 0) is 36.8 Å². The molecule has 3 rings (SSSR count). The van der Waals surface area contributed by atoms with Gasteiger partial charge in [0, 0.05) is 18.3 Å². The number of nitrogens with zero attached hydrogens (tertiary/aromatic N) is 2. The molecular weight excluding hydrogens is 267 g/mol. The number of rotatable bonds is 3. The van der Waals surface area contributed by atoms with E-state index in [9.17, 15) is 9.50 Å². The average Bonchev–Trinajstić information content (AvgIpc) is 2.82. The maximum absolute atomic E-state index is 13.0. The van der Waals surface area contributed by atoms with Crippen molar-refractivity contribution in [2.75, 3.05) is 0 Å². The van der Waals surface area contributed by atoms with Crippen molar-refractivity contribution in [2.45, 2.75) is 13.5 Å². The van der Waals surface area contributed by atoms with Crippen LogP contribution in [0.1, 0.15) is 11.3 Å². The molecule has 3 aromatic rings. The molecule has 0 saturated carbocycles. The third-order valence-corrected chi connectivity index (χ3v) is 3.27. The zero-order valence-corrected chi connectivity index (χ0v) is 11.6. The van der Waals surface area contributed by atoms with Gasteiger partial charge in [-0.2, -0.15) is 0 Å². The van der Waals surface area contributed by atoms with Gasteiger partial charge in [0.05, 0.1) is 5.69 Å². The lowest BCUT2D eigenvalue weighted by Gasteiger charge is -2.08. The fourth-order valence-electron chi connectivity index (χ4n) is 2.33. The minimum absolute atomic E-state index is 0.210. The number of aromatic nitrogens is 2. The SMILES string of the molecule is Cc1cn(Cc2ccc(F)cc2)c(-c2cccc(O)c2)n1. The number of benzene rings is 2.